The Balaban J connectivity index is 2.31. The van der Waals surface area contributed by atoms with E-state index in [0.717, 1.165) is 0 Å². The van der Waals surface area contributed by atoms with Crippen molar-refractivity contribution in [3.8, 4) is 17.2 Å². The first-order chi connectivity index (χ1) is 12.0. The summed E-state index contributed by atoms with van der Waals surface area (Å²) in [5.41, 5.74) is 1.28. The Labute approximate surface area is 145 Å². The number of carbonyl (C=O) groups excluding carboxylic acids is 2. The molecule has 25 heavy (non-hydrogen) atoms. The molecule has 0 atom stereocenters. The van der Waals surface area contributed by atoms with Crippen molar-refractivity contribution in [2.45, 2.75) is 0 Å². The van der Waals surface area contributed by atoms with E-state index in [1.807, 2.05) is 0 Å². The van der Waals surface area contributed by atoms with Crippen molar-refractivity contribution in [3.63, 3.8) is 0 Å². The highest BCUT2D eigenvalue weighted by Crippen LogP contribution is 2.38. The zero-order chi connectivity index (χ0) is 18.4. The minimum atomic E-state index is -0.367. The maximum absolute atomic E-state index is 12.5. The maximum atomic E-state index is 12.5. The van der Waals surface area contributed by atoms with Crippen molar-refractivity contribution in [3.05, 3.63) is 47.5 Å². The summed E-state index contributed by atoms with van der Waals surface area (Å²) in [6.07, 6.45) is 0. The van der Waals surface area contributed by atoms with Gasteiger partial charge in [-0.25, -0.2) is 0 Å². The molecule has 0 aromatic heterocycles. The molecule has 132 valence electrons. The number of benzene rings is 2. The molecule has 0 saturated heterocycles. The first kappa shape index (κ1) is 18.1. The summed E-state index contributed by atoms with van der Waals surface area (Å²) >= 11 is 0. The smallest absolute Gasteiger partial charge is 0.255 e. The predicted molar refractivity (Wildman–Crippen MR) is 93.9 cm³/mol. The zero-order valence-corrected chi connectivity index (χ0v) is 14.5. The summed E-state index contributed by atoms with van der Waals surface area (Å²) in [7, 11) is 5.99. The molecular formula is C18H20N2O5. The number of ether oxygens (including phenoxy) is 3. The Morgan fingerprint density at radius 2 is 1.48 bits per heavy atom. The number of methoxy groups -OCH3 is 3. The molecule has 0 fully saturated rings. The number of rotatable bonds is 6. The molecule has 2 aromatic rings. The standard InChI is InChI=1S/C18H20N2O5/c1-19-17(21)11-6-5-7-13(8-11)20-18(22)12-9-14(23-2)16(25-4)15(10-12)24-3/h5-10H,1-4H3,(H,19,21)(H,20,22). The van der Waals surface area contributed by atoms with Crippen LogP contribution in [0.1, 0.15) is 20.7 Å². The Morgan fingerprint density at radius 3 is 2.00 bits per heavy atom. The van der Waals surface area contributed by atoms with Gasteiger partial charge >= 0.3 is 0 Å². The number of hydrogen-bond acceptors (Lipinski definition) is 5. The van der Waals surface area contributed by atoms with Gasteiger partial charge in [0.1, 0.15) is 0 Å². The summed E-state index contributed by atoms with van der Waals surface area (Å²) in [4.78, 5) is 24.2. The molecule has 0 heterocycles. The third-order valence-corrected chi connectivity index (χ3v) is 3.54. The van der Waals surface area contributed by atoms with E-state index < -0.39 is 0 Å². The van der Waals surface area contributed by atoms with Gasteiger partial charge in [0.25, 0.3) is 11.8 Å². The second-order valence-electron chi connectivity index (χ2n) is 5.03. The van der Waals surface area contributed by atoms with E-state index in [-0.39, 0.29) is 11.8 Å². The number of anilines is 1. The van der Waals surface area contributed by atoms with Crippen LogP contribution in [0.3, 0.4) is 0 Å². The van der Waals surface area contributed by atoms with E-state index in [4.69, 9.17) is 14.2 Å². The lowest BCUT2D eigenvalue weighted by Gasteiger charge is -2.14. The van der Waals surface area contributed by atoms with Crippen molar-refractivity contribution in [2.24, 2.45) is 0 Å². The fourth-order valence-electron chi connectivity index (χ4n) is 2.30. The van der Waals surface area contributed by atoms with Crippen LogP contribution in [-0.2, 0) is 0 Å². The van der Waals surface area contributed by atoms with E-state index in [2.05, 4.69) is 10.6 Å². The minimum absolute atomic E-state index is 0.233. The molecule has 7 heteroatoms. The van der Waals surface area contributed by atoms with Crippen molar-refractivity contribution in [1.82, 2.24) is 5.32 Å². The number of carbonyl (C=O) groups is 2. The van der Waals surface area contributed by atoms with E-state index in [1.165, 1.54) is 21.3 Å². The Morgan fingerprint density at radius 1 is 0.840 bits per heavy atom. The van der Waals surface area contributed by atoms with Gasteiger partial charge < -0.3 is 24.8 Å². The van der Waals surface area contributed by atoms with Gasteiger partial charge in [-0.05, 0) is 30.3 Å². The van der Waals surface area contributed by atoms with Gasteiger partial charge in [-0.3, -0.25) is 9.59 Å². The second-order valence-corrected chi connectivity index (χ2v) is 5.03. The van der Waals surface area contributed by atoms with Crippen molar-refractivity contribution >= 4 is 17.5 Å². The Bertz CT molecular complexity index is 764. The van der Waals surface area contributed by atoms with Gasteiger partial charge in [0.15, 0.2) is 11.5 Å². The highest BCUT2D eigenvalue weighted by atomic mass is 16.5. The minimum Gasteiger partial charge on any atom is -0.493 e. The van der Waals surface area contributed by atoms with E-state index in [9.17, 15) is 9.59 Å². The molecule has 0 bridgehead atoms. The van der Waals surface area contributed by atoms with Gasteiger partial charge in [-0.1, -0.05) is 6.07 Å². The Hall–Kier alpha value is -3.22. The molecule has 2 amide bonds. The molecular weight excluding hydrogens is 324 g/mol. The molecule has 0 spiro atoms. The van der Waals surface area contributed by atoms with E-state index >= 15 is 0 Å². The molecule has 0 unspecified atom stereocenters. The van der Waals surface area contributed by atoms with Crippen LogP contribution in [0.5, 0.6) is 17.2 Å². The summed E-state index contributed by atoms with van der Waals surface area (Å²) in [6, 6.07) is 9.75. The molecule has 2 aromatic carbocycles. The normalized spacial score (nSPS) is 9.92. The lowest BCUT2D eigenvalue weighted by Crippen LogP contribution is -2.18. The van der Waals surface area contributed by atoms with Crippen LogP contribution in [-0.4, -0.2) is 40.2 Å². The third kappa shape index (κ3) is 4.00. The molecule has 0 aliphatic heterocycles. The third-order valence-electron chi connectivity index (χ3n) is 3.54. The SMILES string of the molecule is CNC(=O)c1cccc(NC(=O)c2cc(OC)c(OC)c(OC)c2)c1. The predicted octanol–water partition coefficient (Wildman–Crippen LogP) is 2.32. The summed E-state index contributed by atoms with van der Waals surface area (Å²) in [6.45, 7) is 0. The lowest BCUT2D eigenvalue weighted by atomic mass is 10.1. The van der Waals surface area contributed by atoms with Gasteiger partial charge in [-0.2, -0.15) is 0 Å². The van der Waals surface area contributed by atoms with Crippen LogP contribution in [0.4, 0.5) is 5.69 Å². The summed E-state index contributed by atoms with van der Waals surface area (Å²) in [5, 5.41) is 5.28. The molecule has 0 aliphatic carbocycles. The van der Waals surface area contributed by atoms with Gasteiger partial charge in [-0.15, -0.1) is 0 Å². The first-order valence-electron chi connectivity index (χ1n) is 7.47. The second kappa shape index (κ2) is 8.05. The Kier molecular flexibility index (Phi) is 5.84. The fourth-order valence-corrected chi connectivity index (χ4v) is 2.30. The molecule has 7 nitrogen and oxygen atoms in total. The van der Waals surface area contributed by atoms with E-state index in [1.54, 1.807) is 43.4 Å². The quantitative estimate of drug-likeness (QED) is 0.840. The van der Waals surface area contributed by atoms with Crippen LogP contribution in [0.2, 0.25) is 0 Å². The van der Waals surface area contributed by atoms with Crippen LogP contribution in [0.15, 0.2) is 36.4 Å². The van der Waals surface area contributed by atoms with Gasteiger partial charge in [0, 0.05) is 23.9 Å². The molecule has 0 aliphatic rings. The monoisotopic (exact) mass is 344 g/mol. The topological polar surface area (TPSA) is 85.9 Å². The maximum Gasteiger partial charge on any atom is 0.255 e. The van der Waals surface area contributed by atoms with Crippen molar-refractivity contribution in [2.75, 3.05) is 33.7 Å². The lowest BCUT2D eigenvalue weighted by molar-refractivity contribution is 0.0961. The van der Waals surface area contributed by atoms with Gasteiger partial charge in [0.05, 0.1) is 21.3 Å². The summed E-state index contributed by atoms with van der Waals surface area (Å²) < 4.78 is 15.7. The van der Waals surface area contributed by atoms with E-state index in [0.29, 0.717) is 34.1 Å². The molecule has 2 rings (SSSR count). The van der Waals surface area contributed by atoms with Gasteiger partial charge in [0.2, 0.25) is 5.75 Å². The van der Waals surface area contributed by atoms with Crippen molar-refractivity contribution in [1.29, 1.82) is 0 Å². The highest BCUT2D eigenvalue weighted by Gasteiger charge is 2.17. The fraction of sp³-hybridized carbons (Fsp3) is 0.222. The summed E-state index contributed by atoms with van der Waals surface area (Å²) in [5.74, 6) is 0.567. The number of nitrogens with one attached hydrogen (secondary N) is 2. The number of hydrogen-bond donors (Lipinski definition) is 2. The van der Waals surface area contributed by atoms with Crippen LogP contribution in [0.25, 0.3) is 0 Å². The molecule has 0 radical (unpaired) electrons. The molecule has 0 saturated carbocycles. The highest BCUT2D eigenvalue weighted by molar-refractivity contribution is 6.05. The van der Waals surface area contributed by atoms with Crippen LogP contribution >= 0.6 is 0 Å². The van der Waals surface area contributed by atoms with Crippen LogP contribution in [0, 0.1) is 0 Å². The largest absolute Gasteiger partial charge is 0.493 e. The zero-order valence-electron chi connectivity index (χ0n) is 14.5. The average Bonchev–Trinajstić information content (AvgIpc) is 2.66. The average molecular weight is 344 g/mol. The van der Waals surface area contributed by atoms with Crippen molar-refractivity contribution < 1.29 is 23.8 Å². The van der Waals surface area contributed by atoms with Crippen LogP contribution < -0.4 is 24.8 Å². The molecule has 2 N–H and O–H groups in total. The number of amides is 2. The first-order valence-corrected chi connectivity index (χ1v) is 7.47.